The van der Waals surface area contributed by atoms with Crippen LogP contribution in [-0.4, -0.2) is 40.8 Å². The lowest BCUT2D eigenvalue weighted by atomic mass is 9.99. The zero-order valence-electron chi connectivity index (χ0n) is 13.5. The van der Waals surface area contributed by atoms with Gasteiger partial charge in [-0.1, -0.05) is 6.92 Å². The molecule has 118 valence electrons. The molecule has 1 fully saturated rings. The number of aromatic nitrogens is 2. The Morgan fingerprint density at radius 2 is 2.10 bits per heavy atom. The quantitative estimate of drug-likeness (QED) is 0.843. The Morgan fingerprint density at radius 1 is 1.29 bits per heavy atom. The van der Waals surface area contributed by atoms with Crippen LogP contribution in [0.1, 0.15) is 50.9 Å². The molecule has 0 amide bonds. The lowest BCUT2D eigenvalue weighted by Gasteiger charge is -2.37. The molecule has 0 aliphatic carbocycles. The minimum atomic E-state index is 0.242. The van der Waals surface area contributed by atoms with E-state index in [1.165, 1.54) is 12.8 Å². The van der Waals surface area contributed by atoms with E-state index in [-0.39, 0.29) is 6.61 Å². The molecule has 0 spiro atoms. The van der Waals surface area contributed by atoms with Crippen molar-refractivity contribution in [3.8, 4) is 0 Å². The van der Waals surface area contributed by atoms with E-state index in [1.807, 2.05) is 0 Å². The molecule has 0 radical (unpaired) electrons. The lowest BCUT2D eigenvalue weighted by molar-refractivity contribution is 0.262. The highest BCUT2D eigenvalue weighted by atomic mass is 16.3. The van der Waals surface area contributed by atoms with Crippen molar-refractivity contribution in [1.29, 1.82) is 0 Å². The maximum absolute atomic E-state index is 9.32. The molecular formula is C16H28N4O. The highest BCUT2D eigenvalue weighted by Crippen LogP contribution is 2.30. The Kier molecular flexibility index (Phi) is 5.79. The first-order valence-corrected chi connectivity index (χ1v) is 8.20. The Balaban J connectivity index is 2.37. The molecule has 1 aliphatic rings. The second kappa shape index (κ2) is 7.59. The summed E-state index contributed by atoms with van der Waals surface area (Å²) in [4.78, 5) is 11.8. The van der Waals surface area contributed by atoms with E-state index >= 15 is 0 Å². The van der Waals surface area contributed by atoms with Crippen LogP contribution in [0.15, 0.2) is 0 Å². The lowest BCUT2D eigenvalue weighted by Crippen LogP contribution is -2.41. The van der Waals surface area contributed by atoms with Gasteiger partial charge in [-0.25, -0.2) is 9.97 Å². The zero-order chi connectivity index (χ0) is 15.2. The molecule has 5 heteroatoms. The first kappa shape index (κ1) is 16.0. The van der Waals surface area contributed by atoms with Gasteiger partial charge in [-0.3, -0.25) is 0 Å². The fourth-order valence-corrected chi connectivity index (χ4v) is 3.06. The molecule has 0 saturated carbocycles. The Hall–Kier alpha value is -1.36. The number of hydrogen-bond donors (Lipinski definition) is 2. The summed E-state index contributed by atoms with van der Waals surface area (Å²) >= 11 is 0. The van der Waals surface area contributed by atoms with Crippen LogP contribution in [0.25, 0.3) is 0 Å². The van der Waals surface area contributed by atoms with Gasteiger partial charge < -0.3 is 15.3 Å². The van der Waals surface area contributed by atoms with Crippen molar-refractivity contribution >= 4 is 11.6 Å². The average Bonchev–Trinajstić information content (AvgIpc) is 2.50. The molecule has 1 unspecified atom stereocenters. The number of piperidine rings is 1. The fourth-order valence-electron chi connectivity index (χ4n) is 3.06. The van der Waals surface area contributed by atoms with Crippen molar-refractivity contribution in [2.75, 3.05) is 29.9 Å². The van der Waals surface area contributed by atoms with Crippen LogP contribution in [0, 0.1) is 6.92 Å². The van der Waals surface area contributed by atoms with Crippen molar-refractivity contribution in [2.45, 2.75) is 58.9 Å². The maximum atomic E-state index is 9.32. The number of aryl methyl sites for hydroxylation is 1. The second-order valence-corrected chi connectivity index (χ2v) is 5.68. The molecule has 0 bridgehead atoms. The Bertz CT molecular complexity index is 462. The van der Waals surface area contributed by atoms with Gasteiger partial charge in [0.1, 0.15) is 17.5 Å². The smallest absolute Gasteiger partial charge is 0.137 e. The molecule has 1 saturated heterocycles. The number of aliphatic hydroxyl groups is 1. The van der Waals surface area contributed by atoms with Crippen LogP contribution in [0.4, 0.5) is 11.6 Å². The summed E-state index contributed by atoms with van der Waals surface area (Å²) < 4.78 is 0. The highest BCUT2D eigenvalue weighted by Gasteiger charge is 2.26. The van der Waals surface area contributed by atoms with Gasteiger partial charge in [-0.05, 0) is 39.5 Å². The molecule has 5 nitrogen and oxygen atoms in total. The topological polar surface area (TPSA) is 61.3 Å². The third-order valence-electron chi connectivity index (χ3n) is 4.19. The van der Waals surface area contributed by atoms with E-state index in [9.17, 15) is 5.11 Å². The number of nitrogens with one attached hydrogen (secondary N) is 1. The number of anilines is 2. The number of rotatable bonds is 6. The van der Waals surface area contributed by atoms with Crippen molar-refractivity contribution in [2.24, 2.45) is 0 Å². The second-order valence-electron chi connectivity index (χ2n) is 5.68. The van der Waals surface area contributed by atoms with E-state index in [2.05, 4.69) is 36.0 Å². The molecule has 21 heavy (non-hydrogen) atoms. The standard InChI is InChI=1S/C16H28N4O/c1-4-14-18-15(17-5-2)12(3)16(19-14)20-10-7-6-8-13(20)9-11-21/h13,21H,4-11H2,1-3H3,(H,17,18,19). The van der Waals surface area contributed by atoms with Crippen molar-refractivity contribution < 1.29 is 5.11 Å². The molecule has 1 aromatic rings. The fraction of sp³-hybridized carbons (Fsp3) is 0.750. The maximum Gasteiger partial charge on any atom is 0.137 e. The largest absolute Gasteiger partial charge is 0.396 e. The third-order valence-corrected chi connectivity index (χ3v) is 4.19. The van der Waals surface area contributed by atoms with Crippen LogP contribution in [-0.2, 0) is 6.42 Å². The summed E-state index contributed by atoms with van der Waals surface area (Å²) in [7, 11) is 0. The van der Waals surface area contributed by atoms with Gasteiger partial charge in [-0.2, -0.15) is 0 Å². The van der Waals surface area contributed by atoms with E-state index in [0.29, 0.717) is 6.04 Å². The first-order chi connectivity index (χ1) is 10.2. The SMILES string of the molecule is CCNc1nc(CC)nc(N2CCCCC2CCO)c1C. The van der Waals surface area contributed by atoms with Crippen LogP contribution >= 0.6 is 0 Å². The van der Waals surface area contributed by atoms with Gasteiger partial charge in [0.15, 0.2) is 0 Å². The predicted octanol–water partition coefficient (Wildman–Crippen LogP) is 2.52. The molecule has 1 aromatic heterocycles. The van der Waals surface area contributed by atoms with E-state index < -0.39 is 0 Å². The van der Waals surface area contributed by atoms with Gasteiger partial charge in [0.05, 0.1) is 0 Å². The number of hydrogen-bond acceptors (Lipinski definition) is 5. The summed E-state index contributed by atoms with van der Waals surface area (Å²) in [5.74, 6) is 2.89. The van der Waals surface area contributed by atoms with Crippen molar-refractivity contribution in [3.05, 3.63) is 11.4 Å². The molecule has 1 atom stereocenters. The normalized spacial score (nSPS) is 18.9. The van der Waals surface area contributed by atoms with Gasteiger partial charge in [0.2, 0.25) is 0 Å². The van der Waals surface area contributed by atoms with Crippen molar-refractivity contribution in [1.82, 2.24) is 9.97 Å². The third kappa shape index (κ3) is 3.64. The van der Waals surface area contributed by atoms with Crippen LogP contribution in [0.2, 0.25) is 0 Å². The van der Waals surface area contributed by atoms with Gasteiger partial charge >= 0.3 is 0 Å². The summed E-state index contributed by atoms with van der Waals surface area (Å²) in [6.07, 6.45) is 5.24. The van der Waals surface area contributed by atoms with Crippen LogP contribution < -0.4 is 10.2 Å². The summed E-state index contributed by atoms with van der Waals surface area (Å²) in [5.41, 5.74) is 1.12. The molecule has 2 heterocycles. The summed E-state index contributed by atoms with van der Waals surface area (Å²) in [6, 6.07) is 0.400. The minimum absolute atomic E-state index is 0.242. The molecular weight excluding hydrogens is 264 g/mol. The highest BCUT2D eigenvalue weighted by molar-refractivity contribution is 5.59. The van der Waals surface area contributed by atoms with Crippen LogP contribution in [0.3, 0.4) is 0 Å². The molecule has 0 aromatic carbocycles. The minimum Gasteiger partial charge on any atom is -0.396 e. The van der Waals surface area contributed by atoms with E-state index in [0.717, 1.165) is 55.4 Å². The van der Waals surface area contributed by atoms with Gasteiger partial charge in [-0.15, -0.1) is 0 Å². The first-order valence-electron chi connectivity index (χ1n) is 8.20. The van der Waals surface area contributed by atoms with E-state index in [4.69, 9.17) is 4.98 Å². The van der Waals surface area contributed by atoms with Gasteiger partial charge in [0.25, 0.3) is 0 Å². The predicted molar refractivity (Wildman–Crippen MR) is 87.0 cm³/mol. The molecule has 2 N–H and O–H groups in total. The van der Waals surface area contributed by atoms with Gasteiger partial charge in [0, 0.05) is 37.7 Å². The Labute approximate surface area is 127 Å². The van der Waals surface area contributed by atoms with E-state index in [1.54, 1.807) is 0 Å². The number of aliphatic hydroxyl groups excluding tert-OH is 1. The Morgan fingerprint density at radius 3 is 2.76 bits per heavy atom. The molecule has 1 aliphatic heterocycles. The summed E-state index contributed by atoms with van der Waals surface area (Å²) in [6.45, 7) is 8.40. The molecule has 2 rings (SSSR count). The summed E-state index contributed by atoms with van der Waals surface area (Å²) in [5, 5.41) is 12.7. The monoisotopic (exact) mass is 292 g/mol. The van der Waals surface area contributed by atoms with Crippen molar-refractivity contribution in [3.63, 3.8) is 0 Å². The van der Waals surface area contributed by atoms with Crippen LogP contribution in [0.5, 0.6) is 0 Å². The zero-order valence-corrected chi connectivity index (χ0v) is 13.5. The number of nitrogens with zero attached hydrogens (tertiary/aromatic N) is 3. The average molecular weight is 292 g/mol.